The highest BCUT2D eigenvalue weighted by molar-refractivity contribution is 8.01. The summed E-state index contributed by atoms with van der Waals surface area (Å²) in [6, 6.07) is 0. The predicted molar refractivity (Wildman–Crippen MR) is 71.2 cm³/mol. The molecule has 0 saturated carbocycles. The standard InChI is InChI=1S/C10H15N5S2/c1-8-12-4-6-15(8)5-2-3-7-16-10-14-13-9(11)17-10/h4,6H,2-3,5,7H2,1H3,(H2,11,13). The first-order valence-corrected chi connectivity index (χ1v) is 7.25. The van der Waals surface area contributed by atoms with Gasteiger partial charge in [0.2, 0.25) is 5.13 Å². The maximum absolute atomic E-state index is 5.51. The summed E-state index contributed by atoms with van der Waals surface area (Å²) in [6.07, 6.45) is 6.17. The SMILES string of the molecule is Cc1nccn1CCCCSc1nnc(N)s1. The monoisotopic (exact) mass is 269 g/mol. The number of aryl methyl sites for hydroxylation is 2. The molecule has 17 heavy (non-hydrogen) atoms. The second-order valence-corrected chi connectivity index (χ2v) is 5.98. The van der Waals surface area contributed by atoms with Gasteiger partial charge < -0.3 is 10.3 Å². The van der Waals surface area contributed by atoms with Crippen molar-refractivity contribution in [3.8, 4) is 0 Å². The van der Waals surface area contributed by atoms with Crippen LogP contribution in [0.3, 0.4) is 0 Å². The Labute approximate surface area is 108 Å². The zero-order valence-corrected chi connectivity index (χ0v) is 11.3. The fourth-order valence-corrected chi connectivity index (χ4v) is 3.17. The van der Waals surface area contributed by atoms with Crippen molar-refractivity contribution < 1.29 is 0 Å². The Morgan fingerprint density at radius 3 is 2.94 bits per heavy atom. The number of nitrogens with two attached hydrogens (primary N) is 1. The van der Waals surface area contributed by atoms with Crippen LogP contribution < -0.4 is 5.73 Å². The summed E-state index contributed by atoms with van der Waals surface area (Å²) in [5, 5.41) is 8.29. The third kappa shape index (κ3) is 3.71. The van der Waals surface area contributed by atoms with Gasteiger partial charge in [-0.25, -0.2) is 4.98 Å². The van der Waals surface area contributed by atoms with Gasteiger partial charge in [-0.1, -0.05) is 23.1 Å². The topological polar surface area (TPSA) is 69.6 Å². The Hall–Kier alpha value is -1.08. The van der Waals surface area contributed by atoms with Crippen molar-refractivity contribution in [2.24, 2.45) is 0 Å². The molecule has 0 saturated heterocycles. The molecule has 0 spiro atoms. The predicted octanol–water partition coefficient (Wildman–Crippen LogP) is 2.20. The van der Waals surface area contributed by atoms with E-state index in [9.17, 15) is 0 Å². The molecule has 92 valence electrons. The van der Waals surface area contributed by atoms with Gasteiger partial charge in [0.25, 0.3) is 0 Å². The van der Waals surface area contributed by atoms with Gasteiger partial charge in [0.05, 0.1) is 0 Å². The van der Waals surface area contributed by atoms with Crippen LogP contribution in [0.2, 0.25) is 0 Å². The molecule has 0 bridgehead atoms. The van der Waals surface area contributed by atoms with Crippen molar-refractivity contribution in [2.45, 2.75) is 30.6 Å². The average Bonchev–Trinajstić information content (AvgIpc) is 2.88. The molecule has 0 amide bonds. The molecule has 0 radical (unpaired) electrons. The maximum Gasteiger partial charge on any atom is 0.203 e. The molecule has 0 unspecified atom stereocenters. The van der Waals surface area contributed by atoms with E-state index >= 15 is 0 Å². The highest BCUT2D eigenvalue weighted by Gasteiger charge is 2.01. The molecule has 0 fully saturated rings. The van der Waals surface area contributed by atoms with Gasteiger partial charge in [0.15, 0.2) is 4.34 Å². The summed E-state index contributed by atoms with van der Waals surface area (Å²) in [5.74, 6) is 2.14. The summed E-state index contributed by atoms with van der Waals surface area (Å²) >= 11 is 3.17. The van der Waals surface area contributed by atoms with Gasteiger partial charge in [-0.05, 0) is 19.8 Å². The molecule has 5 nitrogen and oxygen atoms in total. The highest BCUT2D eigenvalue weighted by Crippen LogP contribution is 2.24. The zero-order chi connectivity index (χ0) is 12.1. The van der Waals surface area contributed by atoms with Gasteiger partial charge in [0.1, 0.15) is 5.82 Å². The van der Waals surface area contributed by atoms with Gasteiger partial charge in [0, 0.05) is 24.7 Å². The number of rotatable bonds is 6. The van der Waals surface area contributed by atoms with E-state index in [1.54, 1.807) is 11.8 Å². The molecule has 0 aliphatic carbocycles. The van der Waals surface area contributed by atoms with E-state index in [4.69, 9.17) is 5.73 Å². The molecule has 2 heterocycles. The molecular formula is C10H15N5S2. The number of hydrogen-bond donors (Lipinski definition) is 1. The van der Waals surface area contributed by atoms with Crippen LogP contribution in [0.25, 0.3) is 0 Å². The third-order valence-electron chi connectivity index (χ3n) is 2.36. The maximum atomic E-state index is 5.51. The summed E-state index contributed by atoms with van der Waals surface area (Å²) in [7, 11) is 0. The Balaban J connectivity index is 1.62. The smallest absolute Gasteiger partial charge is 0.203 e. The quantitative estimate of drug-likeness (QED) is 0.643. The molecule has 0 aliphatic heterocycles. The molecule has 2 N–H and O–H groups in total. The van der Waals surface area contributed by atoms with E-state index in [1.807, 2.05) is 19.3 Å². The van der Waals surface area contributed by atoms with E-state index in [-0.39, 0.29) is 0 Å². The third-order valence-corrected chi connectivity index (χ3v) is 4.34. The van der Waals surface area contributed by atoms with Crippen molar-refractivity contribution in [3.63, 3.8) is 0 Å². The van der Waals surface area contributed by atoms with E-state index in [0.717, 1.165) is 35.3 Å². The fraction of sp³-hybridized carbons (Fsp3) is 0.500. The highest BCUT2D eigenvalue weighted by atomic mass is 32.2. The second-order valence-electron chi connectivity index (χ2n) is 3.63. The normalized spacial score (nSPS) is 10.9. The van der Waals surface area contributed by atoms with Crippen molar-refractivity contribution in [3.05, 3.63) is 18.2 Å². The lowest BCUT2D eigenvalue weighted by Crippen LogP contribution is -1.99. The molecule has 0 atom stereocenters. The van der Waals surface area contributed by atoms with E-state index < -0.39 is 0 Å². The minimum atomic E-state index is 0.543. The van der Waals surface area contributed by atoms with Crippen LogP contribution in [0.4, 0.5) is 5.13 Å². The molecule has 2 aromatic rings. The van der Waals surface area contributed by atoms with Crippen molar-refractivity contribution >= 4 is 28.2 Å². The Morgan fingerprint density at radius 2 is 2.29 bits per heavy atom. The van der Waals surface area contributed by atoms with Crippen molar-refractivity contribution in [2.75, 3.05) is 11.5 Å². The average molecular weight is 269 g/mol. The van der Waals surface area contributed by atoms with Crippen LogP contribution in [0.5, 0.6) is 0 Å². The van der Waals surface area contributed by atoms with Crippen LogP contribution in [0.1, 0.15) is 18.7 Å². The Morgan fingerprint density at radius 1 is 1.41 bits per heavy atom. The van der Waals surface area contributed by atoms with E-state index in [0.29, 0.717) is 5.13 Å². The molecule has 7 heteroatoms. The summed E-state index contributed by atoms with van der Waals surface area (Å²) in [6.45, 7) is 3.06. The fourth-order valence-electron chi connectivity index (χ4n) is 1.46. The molecular weight excluding hydrogens is 254 g/mol. The minimum Gasteiger partial charge on any atom is -0.374 e. The zero-order valence-electron chi connectivity index (χ0n) is 9.67. The van der Waals surface area contributed by atoms with Crippen molar-refractivity contribution in [1.82, 2.24) is 19.7 Å². The van der Waals surface area contributed by atoms with Crippen LogP contribution in [0, 0.1) is 6.92 Å². The van der Waals surface area contributed by atoms with E-state index in [2.05, 4.69) is 19.7 Å². The lowest BCUT2D eigenvalue weighted by Gasteiger charge is -2.03. The number of thioether (sulfide) groups is 1. The van der Waals surface area contributed by atoms with Crippen LogP contribution in [0.15, 0.2) is 16.7 Å². The Kier molecular flexibility index (Phi) is 4.38. The van der Waals surface area contributed by atoms with Crippen LogP contribution in [-0.4, -0.2) is 25.5 Å². The van der Waals surface area contributed by atoms with Crippen molar-refractivity contribution in [1.29, 1.82) is 0 Å². The molecule has 0 aliphatic rings. The lowest BCUT2D eigenvalue weighted by molar-refractivity contribution is 0.619. The first-order chi connectivity index (χ1) is 8.25. The number of aromatic nitrogens is 4. The van der Waals surface area contributed by atoms with Gasteiger partial charge in [-0.3, -0.25) is 0 Å². The second kappa shape index (κ2) is 6.02. The number of unbranched alkanes of at least 4 members (excludes halogenated alkanes) is 1. The number of anilines is 1. The first-order valence-electron chi connectivity index (χ1n) is 5.45. The van der Waals surface area contributed by atoms with Gasteiger partial charge in [-0.15, -0.1) is 10.2 Å². The van der Waals surface area contributed by atoms with Gasteiger partial charge in [-0.2, -0.15) is 0 Å². The molecule has 0 aromatic carbocycles. The molecule has 2 rings (SSSR count). The van der Waals surface area contributed by atoms with E-state index in [1.165, 1.54) is 11.3 Å². The number of nitrogen functional groups attached to an aromatic ring is 1. The summed E-state index contributed by atoms with van der Waals surface area (Å²) in [4.78, 5) is 4.19. The minimum absolute atomic E-state index is 0.543. The Bertz CT molecular complexity index is 465. The summed E-state index contributed by atoms with van der Waals surface area (Å²) in [5.41, 5.74) is 5.51. The number of hydrogen-bond acceptors (Lipinski definition) is 6. The largest absolute Gasteiger partial charge is 0.374 e. The number of imidazole rings is 1. The lowest BCUT2D eigenvalue weighted by atomic mass is 10.3. The first kappa shape index (κ1) is 12.4. The van der Waals surface area contributed by atoms with Crippen LogP contribution in [-0.2, 0) is 6.54 Å². The molecule has 2 aromatic heterocycles. The summed E-state index contributed by atoms with van der Waals surface area (Å²) < 4.78 is 3.13. The number of nitrogens with zero attached hydrogens (tertiary/aromatic N) is 4. The van der Waals surface area contributed by atoms with Gasteiger partial charge >= 0.3 is 0 Å². The van der Waals surface area contributed by atoms with Crippen LogP contribution >= 0.6 is 23.1 Å².